The van der Waals surface area contributed by atoms with Crippen molar-refractivity contribution in [2.45, 2.75) is 13.0 Å². The van der Waals surface area contributed by atoms with E-state index in [1.165, 1.54) is 6.07 Å². The first kappa shape index (κ1) is 21.0. The Morgan fingerprint density at radius 1 is 1.19 bits per heavy atom. The van der Waals surface area contributed by atoms with Gasteiger partial charge in [-0.2, -0.15) is 0 Å². The van der Waals surface area contributed by atoms with Crippen LogP contribution in [0.3, 0.4) is 0 Å². The molecule has 1 aliphatic heterocycles. The lowest BCUT2D eigenvalue weighted by Crippen LogP contribution is -2.28. The van der Waals surface area contributed by atoms with Crippen molar-refractivity contribution in [1.29, 1.82) is 0 Å². The highest BCUT2D eigenvalue weighted by Gasteiger charge is 2.20. The van der Waals surface area contributed by atoms with Gasteiger partial charge < -0.3 is 19.7 Å². The van der Waals surface area contributed by atoms with Crippen LogP contribution in [0.15, 0.2) is 52.6 Å². The molecule has 6 nitrogen and oxygen atoms in total. The van der Waals surface area contributed by atoms with Gasteiger partial charge in [0.1, 0.15) is 29.7 Å². The van der Waals surface area contributed by atoms with E-state index in [-0.39, 0.29) is 22.9 Å². The highest BCUT2D eigenvalue weighted by atomic mass is 35.5. The van der Waals surface area contributed by atoms with E-state index in [1.807, 2.05) is 0 Å². The Morgan fingerprint density at radius 2 is 1.94 bits per heavy atom. The van der Waals surface area contributed by atoms with Gasteiger partial charge in [-0.15, -0.1) is 0 Å². The van der Waals surface area contributed by atoms with Crippen LogP contribution in [-0.4, -0.2) is 29.3 Å². The zero-order valence-electron chi connectivity index (χ0n) is 16.1. The maximum atomic E-state index is 14.0. The molecule has 0 radical (unpaired) electrons. The van der Waals surface area contributed by atoms with Gasteiger partial charge in [-0.25, -0.2) is 13.6 Å². The number of nitrogens with one attached hydrogen (secondary N) is 1. The first-order chi connectivity index (χ1) is 14.9. The molecule has 0 atom stereocenters. The third-order valence-electron chi connectivity index (χ3n) is 4.92. The number of hydrogen-bond donors (Lipinski definition) is 2. The van der Waals surface area contributed by atoms with Crippen molar-refractivity contribution in [2.75, 3.05) is 13.1 Å². The number of rotatable bonds is 6. The molecule has 9 heteroatoms. The van der Waals surface area contributed by atoms with Crippen LogP contribution in [0.5, 0.6) is 5.75 Å². The molecule has 0 saturated heterocycles. The molecule has 3 aromatic rings. The molecule has 0 fully saturated rings. The lowest BCUT2D eigenvalue weighted by molar-refractivity contribution is -0.132. The zero-order valence-corrected chi connectivity index (χ0v) is 16.9. The molecule has 0 spiro atoms. The number of halogens is 3. The molecule has 31 heavy (non-hydrogen) atoms. The summed E-state index contributed by atoms with van der Waals surface area (Å²) in [5.41, 5.74) is 1.87. The minimum Gasteiger partial charge on any atom is -0.486 e. The summed E-state index contributed by atoms with van der Waals surface area (Å²) in [5, 5.41) is 15.8. The number of ether oxygens (including phenoxy) is 1. The van der Waals surface area contributed by atoms with Crippen molar-refractivity contribution in [2.24, 2.45) is 0 Å². The van der Waals surface area contributed by atoms with Crippen molar-refractivity contribution in [3.05, 3.63) is 76.0 Å². The summed E-state index contributed by atoms with van der Waals surface area (Å²) >= 11 is 5.85. The second kappa shape index (κ2) is 8.87. The molecule has 0 aliphatic carbocycles. The van der Waals surface area contributed by atoms with Gasteiger partial charge >= 0.3 is 5.97 Å². The number of aliphatic carboxylic acids is 1. The summed E-state index contributed by atoms with van der Waals surface area (Å²) in [4.78, 5) is 11.4. The minimum atomic E-state index is -0.932. The molecule has 160 valence electrons. The minimum absolute atomic E-state index is 0.00783. The van der Waals surface area contributed by atoms with Crippen LogP contribution in [0.4, 0.5) is 8.78 Å². The monoisotopic (exact) mass is 446 g/mol. The Labute approximate surface area is 181 Å². The van der Waals surface area contributed by atoms with Crippen molar-refractivity contribution >= 4 is 23.1 Å². The Morgan fingerprint density at radius 3 is 2.68 bits per heavy atom. The summed E-state index contributed by atoms with van der Waals surface area (Å²) in [6.07, 6.45) is 0.627. The van der Waals surface area contributed by atoms with E-state index in [4.69, 9.17) is 20.9 Å². The van der Waals surface area contributed by atoms with Crippen LogP contribution in [0.1, 0.15) is 17.7 Å². The van der Waals surface area contributed by atoms with E-state index in [9.17, 15) is 18.7 Å². The van der Waals surface area contributed by atoms with Gasteiger partial charge in [0.05, 0.1) is 16.2 Å². The third kappa shape index (κ3) is 4.45. The van der Waals surface area contributed by atoms with E-state index in [2.05, 4.69) is 10.5 Å². The Hall–Kier alpha value is -3.23. The van der Waals surface area contributed by atoms with Gasteiger partial charge in [-0.1, -0.05) is 28.9 Å². The number of benzene rings is 2. The van der Waals surface area contributed by atoms with Gasteiger partial charge in [0, 0.05) is 12.6 Å². The molecule has 4 rings (SSSR count). The largest absolute Gasteiger partial charge is 0.486 e. The standard InChI is InChI=1S/C22H17ClF2N2O4/c23-21-18(25)6-5-17(24)20(21)19-9-14(31-27-19)11-30-13-3-1-12(2-4-13)15-7-8-26-10-16(15)22(28)29/h1-6,9,26H,7-8,10-11H2,(H,28,29). The first-order valence-electron chi connectivity index (χ1n) is 9.42. The van der Waals surface area contributed by atoms with E-state index in [0.29, 0.717) is 36.6 Å². The van der Waals surface area contributed by atoms with Crippen LogP contribution in [0.25, 0.3) is 16.8 Å². The summed E-state index contributed by atoms with van der Waals surface area (Å²) in [7, 11) is 0. The molecule has 1 aliphatic rings. The molecule has 0 saturated carbocycles. The average molecular weight is 447 g/mol. The fourth-order valence-corrected chi connectivity index (χ4v) is 3.63. The van der Waals surface area contributed by atoms with Gasteiger partial charge in [-0.3, -0.25) is 0 Å². The number of nitrogens with zero attached hydrogens (tertiary/aromatic N) is 1. The number of aromatic nitrogens is 1. The van der Waals surface area contributed by atoms with Crippen molar-refractivity contribution in [1.82, 2.24) is 10.5 Å². The molecule has 2 heterocycles. The molecule has 2 N–H and O–H groups in total. The highest BCUT2D eigenvalue weighted by Crippen LogP contribution is 2.32. The van der Waals surface area contributed by atoms with Crippen LogP contribution >= 0.6 is 11.6 Å². The van der Waals surface area contributed by atoms with Crippen molar-refractivity contribution < 1.29 is 27.9 Å². The lowest BCUT2D eigenvalue weighted by Gasteiger charge is -2.19. The van der Waals surface area contributed by atoms with Crippen molar-refractivity contribution in [3.63, 3.8) is 0 Å². The molecular formula is C22H17ClF2N2O4. The SMILES string of the molecule is O=C(O)C1=C(c2ccc(OCc3cc(-c4c(F)ccc(F)c4Cl)no3)cc2)CCNC1. The van der Waals surface area contributed by atoms with E-state index >= 15 is 0 Å². The quantitative estimate of drug-likeness (QED) is 0.535. The lowest BCUT2D eigenvalue weighted by atomic mass is 9.94. The molecule has 1 aromatic heterocycles. The highest BCUT2D eigenvalue weighted by molar-refractivity contribution is 6.33. The van der Waals surface area contributed by atoms with Crippen LogP contribution < -0.4 is 10.1 Å². The van der Waals surface area contributed by atoms with E-state index in [0.717, 1.165) is 23.3 Å². The number of carbonyl (C=O) groups is 1. The van der Waals surface area contributed by atoms with Crippen LogP contribution in [-0.2, 0) is 11.4 Å². The predicted molar refractivity (Wildman–Crippen MR) is 110 cm³/mol. The Kier molecular flexibility index (Phi) is 6.01. The molecule has 0 amide bonds. The third-order valence-corrected chi connectivity index (χ3v) is 5.29. The van der Waals surface area contributed by atoms with Gasteiger partial charge in [-0.05, 0) is 48.4 Å². The summed E-state index contributed by atoms with van der Waals surface area (Å²) in [6.45, 7) is 1.05. The maximum absolute atomic E-state index is 14.0. The summed E-state index contributed by atoms with van der Waals surface area (Å²) in [5.74, 6) is -1.57. The molecular weight excluding hydrogens is 430 g/mol. The number of hydrogen-bond acceptors (Lipinski definition) is 5. The van der Waals surface area contributed by atoms with Crippen LogP contribution in [0.2, 0.25) is 5.02 Å². The normalized spacial score (nSPS) is 14.0. The average Bonchev–Trinajstić information content (AvgIpc) is 3.24. The fourth-order valence-electron chi connectivity index (χ4n) is 3.38. The maximum Gasteiger partial charge on any atom is 0.333 e. The molecule has 2 aromatic carbocycles. The Bertz CT molecular complexity index is 1160. The van der Waals surface area contributed by atoms with E-state index in [1.54, 1.807) is 24.3 Å². The second-order valence-electron chi connectivity index (χ2n) is 6.90. The van der Waals surface area contributed by atoms with Gasteiger partial charge in [0.15, 0.2) is 5.76 Å². The van der Waals surface area contributed by atoms with Crippen molar-refractivity contribution in [3.8, 4) is 17.0 Å². The second-order valence-corrected chi connectivity index (χ2v) is 7.28. The summed E-state index contributed by atoms with van der Waals surface area (Å²) in [6, 6.07) is 10.4. The molecule has 0 unspecified atom stereocenters. The van der Waals surface area contributed by atoms with Gasteiger partial charge in [0.25, 0.3) is 0 Å². The predicted octanol–water partition coefficient (Wildman–Crippen LogP) is 4.68. The Balaban J connectivity index is 1.47. The number of carboxylic acids is 1. The first-order valence-corrected chi connectivity index (χ1v) is 9.80. The molecule has 0 bridgehead atoms. The summed E-state index contributed by atoms with van der Waals surface area (Å²) < 4.78 is 38.5. The fraction of sp³-hybridized carbons (Fsp3) is 0.182. The van der Waals surface area contributed by atoms with E-state index < -0.39 is 17.6 Å². The zero-order chi connectivity index (χ0) is 22.0. The number of carboxylic acid groups (broad SMARTS) is 1. The van der Waals surface area contributed by atoms with Gasteiger partial charge in [0.2, 0.25) is 0 Å². The topological polar surface area (TPSA) is 84.6 Å². The van der Waals surface area contributed by atoms with Crippen LogP contribution in [0, 0.1) is 11.6 Å². The smallest absolute Gasteiger partial charge is 0.333 e.